The Morgan fingerprint density at radius 3 is 3.09 bits per heavy atom. The smallest absolute Gasteiger partial charge is 0.129 e. The highest BCUT2D eigenvalue weighted by atomic mass is 19.1. The highest BCUT2D eigenvalue weighted by Crippen LogP contribution is 2.31. The summed E-state index contributed by atoms with van der Waals surface area (Å²) in [6, 6.07) is 5.10. The molecule has 0 aliphatic carbocycles. The molecule has 11 heavy (non-hydrogen) atoms. The van der Waals surface area contributed by atoms with Crippen LogP contribution in [0.2, 0.25) is 0 Å². The van der Waals surface area contributed by atoms with Crippen LogP contribution >= 0.6 is 0 Å². The van der Waals surface area contributed by atoms with Crippen molar-refractivity contribution in [3.63, 3.8) is 0 Å². The minimum absolute atomic E-state index is 0.0776. The van der Waals surface area contributed by atoms with Gasteiger partial charge in [0, 0.05) is 5.56 Å². The number of fused-ring (bicyclic) bond motifs is 1. The van der Waals surface area contributed by atoms with E-state index >= 15 is 0 Å². The van der Waals surface area contributed by atoms with Crippen molar-refractivity contribution < 1.29 is 9.13 Å². The van der Waals surface area contributed by atoms with Gasteiger partial charge in [-0.25, -0.2) is 4.39 Å². The van der Waals surface area contributed by atoms with Crippen molar-refractivity contribution in [1.82, 2.24) is 0 Å². The first-order valence-electron chi connectivity index (χ1n) is 3.68. The summed E-state index contributed by atoms with van der Waals surface area (Å²) in [6.45, 7) is 2.42. The van der Waals surface area contributed by atoms with E-state index in [0.29, 0.717) is 6.61 Å². The molecule has 1 heterocycles. The molecule has 1 aromatic rings. The average Bonchev–Trinajstić information content (AvgIpc) is 2.34. The summed E-state index contributed by atoms with van der Waals surface area (Å²) in [5, 5.41) is 0. The molecule has 0 saturated heterocycles. The van der Waals surface area contributed by atoms with Gasteiger partial charge >= 0.3 is 0 Å². The molecular weight excluding hydrogens is 143 g/mol. The first-order chi connectivity index (χ1) is 5.29. The lowest BCUT2D eigenvalue weighted by Crippen LogP contribution is -1.92. The van der Waals surface area contributed by atoms with Gasteiger partial charge in [0.05, 0.1) is 12.7 Å². The fourth-order valence-corrected chi connectivity index (χ4v) is 1.46. The lowest BCUT2D eigenvalue weighted by Gasteiger charge is -2.03. The predicted octanol–water partition coefficient (Wildman–Crippen LogP) is 2.42. The number of hydrogen-bond acceptors (Lipinski definition) is 1. The van der Waals surface area contributed by atoms with Gasteiger partial charge in [-0.15, -0.1) is 0 Å². The van der Waals surface area contributed by atoms with E-state index in [-0.39, 0.29) is 11.9 Å². The zero-order valence-electron chi connectivity index (χ0n) is 6.30. The van der Waals surface area contributed by atoms with Crippen LogP contribution in [0.3, 0.4) is 0 Å². The van der Waals surface area contributed by atoms with Crippen LogP contribution in [0.5, 0.6) is 0 Å². The van der Waals surface area contributed by atoms with E-state index in [9.17, 15) is 4.39 Å². The van der Waals surface area contributed by atoms with E-state index in [4.69, 9.17) is 4.74 Å². The maximum absolute atomic E-state index is 13.1. The quantitative estimate of drug-likeness (QED) is 0.554. The fraction of sp³-hybridized carbons (Fsp3) is 0.333. The number of rotatable bonds is 0. The molecule has 2 rings (SSSR count). The van der Waals surface area contributed by atoms with Crippen LogP contribution in [-0.4, -0.2) is 0 Å². The number of halogens is 1. The summed E-state index contributed by atoms with van der Waals surface area (Å²) in [4.78, 5) is 0. The molecular formula is C9H9FO. The molecule has 0 N–H and O–H groups in total. The maximum Gasteiger partial charge on any atom is 0.129 e. The number of hydrogen-bond donors (Lipinski definition) is 0. The third-order valence-corrected chi connectivity index (χ3v) is 2.04. The van der Waals surface area contributed by atoms with E-state index < -0.39 is 0 Å². The van der Waals surface area contributed by atoms with Gasteiger partial charge in [0.2, 0.25) is 0 Å². The first-order valence-corrected chi connectivity index (χ1v) is 3.68. The molecule has 2 heteroatoms. The number of ether oxygens (including phenoxy) is 1. The molecule has 1 aromatic carbocycles. The van der Waals surface area contributed by atoms with Crippen LogP contribution in [0.4, 0.5) is 4.39 Å². The molecule has 0 saturated carbocycles. The zero-order chi connectivity index (χ0) is 7.84. The van der Waals surface area contributed by atoms with Crippen LogP contribution in [0.15, 0.2) is 18.2 Å². The lowest BCUT2D eigenvalue weighted by atomic mass is 10.1. The van der Waals surface area contributed by atoms with E-state index in [1.807, 2.05) is 13.0 Å². The molecule has 0 fully saturated rings. The summed E-state index contributed by atoms with van der Waals surface area (Å²) >= 11 is 0. The molecule has 1 atom stereocenters. The van der Waals surface area contributed by atoms with Crippen molar-refractivity contribution in [2.45, 2.75) is 19.6 Å². The Bertz CT molecular complexity index is 283. The Kier molecular flexibility index (Phi) is 1.43. The Balaban J connectivity index is 2.58. The van der Waals surface area contributed by atoms with Crippen molar-refractivity contribution in [2.75, 3.05) is 0 Å². The van der Waals surface area contributed by atoms with Gasteiger partial charge < -0.3 is 4.74 Å². The maximum atomic E-state index is 13.1. The SMILES string of the molecule is CC1OCc2cccc(F)c21. The van der Waals surface area contributed by atoms with Crippen molar-refractivity contribution in [3.05, 3.63) is 35.1 Å². The second kappa shape index (κ2) is 2.31. The zero-order valence-corrected chi connectivity index (χ0v) is 6.30. The lowest BCUT2D eigenvalue weighted by molar-refractivity contribution is 0.0781. The van der Waals surface area contributed by atoms with Gasteiger partial charge in [0.25, 0.3) is 0 Å². The molecule has 0 radical (unpaired) electrons. The van der Waals surface area contributed by atoms with E-state index in [0.717, 1.165) is 11.1 Å². The second-order valence-corrected chi connectivity index (χ2v) is 2.77. The summed E-state index contributed by atoms with van der Waals surface area (Å²) in [7, 11) is 0. The molecule has 1 nitrogen and oxygen atoms in total. The molecule has 58 valence electrons. The van der Waals surface area contributed by atoms with Gasteiger partial charge in [0.1, 0.15) is 5.82 Å². The summed E-state index contributed by atoms with van der Waals surface area (Å²) < 4.78 is 18.3. The molecule has 0 bridgehead atoms. The van der Waals surface area contributed by atoms with Crippen molar-refractivity contribution in [1.29, 1.82) is 0 Å². The van der Waals surface area contributed by atoms with Crippen LogP contribution < -0.4 is 0 Å². The van der Waals surface area contributed by atoms with Crippen molar-refractivity contribution >= 4 is 0 Å². The highest BCUT2D eigenvalue weighted by Gasteiger charge is 2.21. The van der Waals surface area contributed by atoms with Gasteiger partial charge in [0.15, 0.2) is 0 Å². The number of benzene rings is 1. The van der Waals surface area contributed by atoms with Gasteiger partial charge in [-0.3, -0.25) is 0 Å². The van der Waals surface area contributed by atoms with Crippen LogP contribution in [0.25, 0.3) is 0 Å². The molecule has 1 unspecified atom stereocenters. The minimum atomic E-state index is -0.146. The Morgan fingerprint density at radius 1 is 1.55 bits per heavy atom. The second-order valence-electron chi connectivity index (χ2n) is 2.77. The molecule has 1 aliphatic rings. The van der Waals surface area contributed by atoms with Gasteiger partial charge in [-0.1, -0.05) is 12.1 Å². The third kappa shape index (κ3) is 0.942. The van der Waals surface area contributed by atoms with Crippen LogP contribution in [0, 0.1) is 5.82 Å². The standard InChI is InChI=1S/C9H9FO/c1-6-9-7(5-11-6)3-2-4-8(9)10/h2-4,6H,5H2,1H3. The highest BCUT2D eigenvalue weighted by molar-refractivity contribution is 5.32. The van der Waals surface area contributed by atoms with Crippen LogP contribution in [-0.2, 0) is 11.3 Å². The van der Waals surface area contributed by atoms with E-state index in [1.165, 1.54) is 6.07 Å². The monoisotopic (exact) mass is 152 g/mol. The molecule has 0 spiro atoms. The average molecular weight is 152 g/mol. The summed E-state index contributed by atoms with van der Waals surface area (Å²) in [5.74, 6) is -0.146. The van der Waals surface area contributed by atoms with Crippen molar-refractivity contribution in [2.24, 2.45) is 0 Å². The minimum Gasteiger partial charge on any atom is -0.369 e. The fourth-order valence-electron chi connectivity index (χ4n) is 1.46. The van der Waals surface area contributed by atoms with Crippen LogP contribution in [0.1, 0.15) is 24.2 Å². The summed E-state index contributed by atoms with van der Waals surface area (Å²) in [5.41, 5.74) is 1.71. The van der Waals surface area contributed by atoms with Gasteiger partial charge in [-0.05, 0) is 18.6 Å². The van der Waals surface area contributed by atoms with E-state index in [2.05, 4.69) is 0 Å². The Labute approximate surface area is 64.8 Å². The Hall–Kier alpha value is -0.890. The van der Waals surface area contributed by atoms with Gasteiger partial charge in [-0.2, -0.15) is 0 Å². The van der Waals surface area contributed by atoms with Crippen molar-refractivity contribution in [3.8, 4) is 0 Å². The molecule has 1 aliphatic heterocycles. The molecule has 0 aromatic heterocycles. The normalized spacial score (nSPS) is 21.8. The third-order valence-electron chi connectivity index (χ3n) is 2.04. The first kappa shape index (κ1) is 6.80. The largest absolute Gasteiger partial charge is 0.369 e. The van der Waals surface area contributed by atoms with E-state index in [1.54, 1.807) is 6.07 Å². The summed E-state index contributed by atoms with van der Waals surface area (Å²) in [6.07, 6.45) is -0.0776. The Morgan fingerprint density at radius 2 is 2.36 bits per heavy atom. The predicted molar refractivity (Wildman–Crippen MR) is 39.6 cm³/mol. The molecule has 0 amide bonds. The topological polar surface area (TPSA) is 9.23 Å².